The molecular formula is C27H26N2O5. The van der Waals surface area contributed by atoms with Crippen molar-refractivity contribution in [2.45, 2.75) is 25.7 Å². The summed E-state index contributed by atoms with van der Waals surface area (Å²) in [4.78, 5) is 52.1. The molecule has 2 amide bonds. The maximum Gasteiger partial charge on any atom is 0.326 e. The van der Waals surface area contributed by atoms with Crippen LogP contribution in [0.5, 0.6) is 0 Å². The van der Waals surface area contributed by atoms with E-state index in [9.17, 15) is 19.2 Å². The van der Waals surface area contributed by atoms with Gasteiger partial charge in [-0.15, -0.1) is 0 Å². The topological polar surface area (TPSA) is 85.7 Å². The molecule has 174 valence electrons. The molecule has 2 atom stereocenters. The molecule has 34 heavy (non-hydrogen) atoms. The summed E-state index contributed by atoms with van der Waals surface area (Å²) in [5.74, 6) is -2.32. The molecule has 1 aromatic heterocycles. The third kappa shape index (κ3) is 3.71. The highest BCUT2D eigenvalue weighted by Gasteiger charge is 2.48. The molecule has 2 aliphatic rings. The number of nitrogens with zero attached hydrogens (tertiary/aromatic N) is 2. The molecule has 0 radical (unpaired) electrons. The number of rotatable bonds is 6. The van der Waals surface area contributed by atoms with Gasteiger partial charge >= 0.3 is 5.97 Å². The third-order valence-electron chi connectivity index (χ3n) is 7.02. The Morgan fingerprint density at radius 3 is 2.21 bits per heavy atom. The van der Waals surface area contributed by atoms with Gasteiger partial charge in [0.15, 0.2) is 6.61 Å². The van der Waals surface area contributed by atoms with E-state index in [-0.39, 0.29) is 29.4 Å². The Morgan fingerprint density at radius 2 is 1.53 bits per heavy atom. The molecule has 2 heterocycles. The van der Waals surface area contributed by atoms with Crippen LogP contribution in [0.4, 0.5) is 0 Å². The molecule has 7 nitrogen and oxygen atoms in total. The van der Waals surface area contributed by atoms with Gasteiger partial charge in [0.1, 0.15) is 6.54 Å². The number of para-hydroxylation sites is 1. The predicted molar refractivity (Wildman–Crippen MR) is 126 cm³/mol. The van der Waals surface area contributed by atoms with Crippen LogP contribution in [-0.4, -0.2) is 46.2 Å². The average molecular weight is 459 g/mol. The molecule has 1 aliphatic carbocycles. The van der Waals surface area contributed by atoms with Gasteiger partial charge in [-0.25, -0.2) is 0 Å². The second kappa shape index (κ2) is 8.89. The summed E-state index contributed by atoms with van der Waals surface area (Å²) in [5, 5.41) is 0.777. The van der Waals surface area contributed by atoms with E-state index in [1.54, 1.807) is 0 Å². The number of hydrogen-bond acceptors (Lipinski definition) is 5. The molecule has 1 aliphatic heterocycles. The fourth-order valence-electron chi connectivity index (χ4n) is 5.39. The van der Waals surface area contributed by atoms with E-state index in [1.807, 2.05) is 66.2 Å². The monoisotopic (exact) mass is 458 g/mol. The first kappa shape index (κ1) is 22.1. The summed E-state index contributed by atoms with van der Waals surface area (Å²) in [6, 6.07) is 17.2. The molecule has 0 unspecified atom stereocenters. The second-order valence-corrected chi connectivity index (χ2v) is 9.01. The number of imide groups is 1. The van der Waals surface area contributed by atoms with E-state index in [0.717, 1.165) is 39.9 Å². The van der Waals surface area contributed by atoms with Gasteiger partial charge in [0, 0.05) is 18.0 Å². The summed E-state index contributed by atoms with van der Waals surface area (Å²) in [6.07, 6.45) is 3.20. The van der Waals surface area contributed by atoms with Gasteiger partial charge in [-0.3, -0.25) is 24.1 Å². The summed E-state index contributed by atoms with van der Waals surface area (Å²) in [5.41, 5.74) is 3.01. The smallest absolute Gasteiger partial charge is 0.326 e. The van der Waals surface area contributed by atoms with Gasteiger partial charge in [-0.1, -0.05) is 61.4 Å². The van der Waals surface area contributed by atoms with Crippen LogP contribution in [0.1, 0.15) is 36.0 Å². The van der Waals surface area contributed by atoms with E-state index >= 15 is 0 Å². The highest BCUT2D eigenvalue weighted by Crippen LogP contribution is 2.38. The number of amides is 2. The molecular weight excluding hydrogens is 432 g/mol. The van der Waals surface area contributed by atoms with Crippen molar-refractivity contribution in [1.29, 1.82) is 0 Å². The number of carbonyl (C=O) groups is 4. The Balaban J connectivity index is 1.34. The minimum absolute atomic E-state index is 0.293. The van der Waals surface area contributed by atoms with E-state index in [1.165, 1.54) is 0 Å². The lowest BCUT2D eigenvalue weighted by molar-refractivity contribution is -0.152. The summed E-state index contributed by atoms with van der Waals surface area (Å²) < 4.78 is 7.24. The lowest BCUT2D eigenvalue weighted by Gasteiger charge is -2.19. The zero-order chi connectivity index (χ0) is 23.8. The Morgan fingerprint density at radius 1 is 0.912 bits per heavy atom. The maximum atomic E-state index is 13.3. The van der Waals surface area contributed by atoms with Crippen LogP contribution in [0.3, 0.4) is 0 Å². The highest BCUT2D eigenvalue weighted by atomic mass is 16.5. The first-order chi connectivity index (χ1) is 16.5. The Bertz CT molecular complexity index is 1270. The lowest BCUT2D eigenvalue weighted by Crippen LogP contribution is -2.37. The molecule has 2 fully saturated rings. The van der Waals surface area contributed by atoms with E-state index in [2.05, 4.69) is 0 Å². The number of likely N-dealkylation sites (tertiary alicyclic amines) is 1. The molecule has 1 saturated carbocycles. The van der Waals surface area contributed by atoms with Gasteiger partial charge in [0.05, 0.1) is 23.1 Å². The van der Waals surface area contributed by atoms with Crippen LogP contribution < -0.4 is 0 Å². The van der Waals surface area contributed by atoms with Crippen molar-refractivity contribution in [1.82, 2.24) is 9.47 Å². The second-order valence-electron chi connectivity index (χ2n) is 9.01. The molecule has 7 heteroatoms. The minimum atomic E-state index is -0.754. The van der Waals surface area contributed by atoms with Gasteiger partial charge in [-0.2, -0.15) is 0 Å². The summed E-state index contributed by atoms with van der Waals surface area (Å²) in [7, 11) is 1.90. The van der Waals surface area contributed by atoms with E-state index in [4.69, 9.17) is 4.74 Å². The fraction of sp³-hybridized carbons (Fsp3) is 0.333. The zero-order valence-electron chi connectivity index (χ0n) is 19.0. The molecule has 0 spiro atoms. The largest absolute Gasteiger partial charge is 0.456 e. The number of hydrogen-bond donors (Lipinski definition) is 0. The first-order valence-corrected chi connectivity index (χ1v) is 11.6. The number of ketones is 1. The molecule has 3 aromatic rings. The molecule has 1 saturated heterocycles. The zero-order valence-corrected chi connectivity index (χ0v) is 19.0. The quantitative estimate of drug-likeness (QED) is 0.319. The molecule has 0 N–H and O–H groups in total. The number of benzene rings is 2. The minimum Gasteiger partial charge on any atom is -0.456 e. The van der Waals surface area contributed by atoms with Crippen molar-refractivity contribution < 1.29 is 23.9 Å². The lowest BCUT2D eigenvalue weighted by atomic mass is 9.81. The molecule has 2 aromatic carbocycles. The van der Waals surface area contributed by atoms with E-state index in [0.29, 0.717) is 18.4 Å². The fourth-order valence-corrected chi connectivity index (χ4v) is 5.39. The standard InChI is InChI=1S/C27H26N2O5/c1-28-21-14-8-7-13-20(21)24(25(28)17-9-3-2-4-10-17)22(30)16-34-23(31)15-29-26(32)18-11-5-6-12-19(18)27(29)33/h2-4,7-10,13-14,18-19H,5-6,11-12,15-16H2,1H3/t18-,19-/m1/s1. The van der Waals surface area contributed by atoms with Crippen LogP contribution in [0, 0.1) is 11.8 Å². The van der Waals surface area contributed by atoms with Crippen LogP contribution in [-0.2, 0) is 26.2 Å². The van der Waals surface area contributed by atoms with Gasteiger partial charge in [-0.05, 0) is 24.5 Å². The van der Waals surface area contributed by atoms with Crippen molar-refractivity contribution in [2.75, 3.05) is 13.2 Å². The van der Waals surface area contributed by atoms with Gasteiger partial charge in [0.2, 0.25) is 17.6 Å². The Hall–Kier alpha value is -3.74. The van der Waals surface area contributed by atoms with Gasteiger partial charge < -0.3 is 9.30 Å². The van der Waals surface area contributed by atoms with Crippen molar-refractivity contribution >= 4 is 34.5 Å². The van der Waals surface area contributed by atoms with Gasteiger partial charge in [0.25, 0.3) is 0 Å². The molecule has 5 rings (SSSR count). The normalized spacial score (nSPS) is 20.0. The number of aromatic nitrogens is 1. The maximum absolute atomic E-state index is 13.3. The number of carbonyl (C=O) groups excluding carboxylic acids is 4. The van der Waals surface area contributed by atoms with E-state index < -0.39 is 19.1 Å². The van der Waals surface area contributed by atoms with Crippen molar-refractivity contribution in [3.8, 4) is 11.3 Å². The molecule has 0 bridgehead atoms. The third-order valence-corrected chi connectivity index (χ3v) is 7.02. The van der Waals surface area contributed by atoms with Crippen LogP contribution in [0.25, 0.3) is 22.2 Å². The van der Waals surface area contributed by atoms with Crippen LogP contribution in [0.15, 0.2) is 54.6 Å². The SMILES string of the molecule is Cn1c(-c2ccccc2)c(C(=O)COC(=O)CN2C(=O)[C@@H]3CCCC[C@H]3C2=O)c2ccccc21. The number of aryl methyl sites for hydroxylation is 1. The summed E-state index contributed by atoms with van der Waals surface area (Å²) in [6.45, 7) is -0.908. The number of fused-ring (bicyclic) bond motifs is 2. The Kier molecular flexibility index (Phi) is 5.77. The summed E-state index contributed by atoms with van der Waals surface area (Å²) >= 11 is 0. The first-order valence-electron chi connectivity index (χ1n) is 11.6. The van der Waals surface area contributed by atoms with Crippen molar-refractivity contribution in [3.05, 3.63) is 60.2 Å². The highest BCUT2D eigenvalue weighted by molar-refractivity contribution is 6.14. The number of ether oxygens (including phenoxy) is 1. The van der Waals surface area contributed by atoms with Crippen LogP contribution in [0.2, 0.25) is 0 Å². The van der Waals surface area contributed by atoms with Crippen molar-refractivity contribution in [3.63, 3.8) is 0 Å². The number of Topliss-reactive ketones (excluding diaryl/α,β-unsaturated/α-hetero) is 1. The average Bonchev–Trinajstić information content (AvgIpc) is 3.30. The van der Waals surface area contributed by atoms with Crippen LogP contribution >= 0.6 is 0 Å². The Labute approximate surface area is 197 Å². The van der Waals surface area contributed by atoms with Crippen molar-refractivity contribution in [2.24, 2.45) is 18.9 Å². The predicted octanol–water partition coefficient (Wildman–Crippen LogP) is 3.75. The number of esters is 1.